The molecule has 0 spiro atoms. The van der Waals surface area contributed by atoms with Gasteiger partial charge in [-0.15, -0.1) is 0 Å². The molecule has 2 aromatic rings. The van der Waals surface area contributed by atoms with Crippen LogP contribution in [0.2, 0.25) is 0 Å². The summed E-state index contributed by atoms with van der Waals surface area (Å²) in [6.07, 6.45) is 0. The van der Waals surface area contributed by atoms with Crippen molar-refractivity contribution in [3.05, 3.63) is 63.9 Å². The Morgan fingerprint density at radius 3 is 2.58 bits per heavy atom. The van der Waals surface area contributed by atoms with Crippen LogP contribution in [0.25, 0.3) is 0 Å². The van der Waals surface area contributed by atoms with Crippen LogP contribution in [-0.2, 0) is 6.54 Å². The summed E-state index contributed by atoms with van der Waals surface area (Å²) in [6.45, 7) is 4.94. The van der Waals surface area contributed by atoms with Crippen LogP contribution in [0.4, 0.5) is 10.1 Å². The van der Waals surface area contributed by atoms with Crippen LogP contribution >= 0.6 is 15.9 Å². The van der Waals surface area contributed by atoms with E-state index < -0.39 is 0 Å². The zero-order valence-corrected chi connectivity index (χ0v) is 12.7. The summed E-state index contributed by atoms with van der Waals surface area (Å²) in [5.74, 6) is 0.242. The first kappa shape index (κ1) is 14.1. The lowest BCUT2D eigenvalue weighted by Gasteiger charge is -2.14. The molecule has 0 atom stereocenters. The predicted molar refractivity (Wildman–Crippen MR) is 82.0 cm³/mol. The molecule has 0 aromatic heterocycles. The van der Waals surface area contributed by atoms with E-state index in [9.17, 15) is 4.39 Å². The van der Waals surface area contributed by atoms with Gasteiger partial charge in [0, 0.05) is 16.7 Å². The van der Waals surface area contributed by atoms with Gasteiger partial charge in [0.25, 0.3) is 0 Å². The number of hydrogen-bond acceptors (Lipinski definition) is 1. The molecule has 2 aromatic carbocycles. The van der Waals surface area contributed by atoms with Gasteiger partial charge in [-0.2, -0.15) is 0 Å². The van der Waals surface area contributed by atoms with Crippen molar-refractivity contribution in [2.75, 3.05) is 5.32 Å². The third-order valence-electron chi connectivity index (χ3n) is 2.99. The van der Waals surface area contributed by atoms with Crippen molar-refractivity contribution in [1.29, 1.82) is 0 Å². The number of hydrogen-bond donors (Lipinski definition) is 1. The molecular formula is C16H17BrFN. The highest BCUT2D eigenvalue weighted by molar-refractivity contribution is 9.10. The van der Waals surface area contributed by atoms with E-state index in [-0.39, 0.29) is 5.82 Å². The Morgan fingerprint density at radius 1 is 1.16 bits per heavy atom. The Kier molecular flexibility index (Phi) is 4.59. The smallest absolute Gasteiger partial charge is 0.124 e. The number of anilines is 1. The molecule has 0 heterocycles. The molecule has 0 aliphatic heterocycles. The molecule has 100 valence electrons. The molecule has 0 saturated carbocycles. The second-order valence-electron chi connectivity index (χ2n) is 4.87. The summed E-state index contributed by atoms with van der Waals surface area (Å²) >= 11 is 3.31. The standard InChI is InChI=1S/C16H17BrFN/c1-11(2)15-5-3-4-6-16(15)19-10-12-7-13(17)9-14(18)8-12/h3-9,11,19H,10H2,1-2H3. The van der Waals surface area contributed by atoms with Crippen molar-refractivity contribution in [2.45, 2.75) is 26.3 Å². The van der Waals surface area contributed by atoms with Gasteiger partial charge in [-0.1, -0.05) is 48.0 Å². The van der Waals surface area contributed by atoms with Gasteiger partial charge in [-0.25, -0.2) is 4.39 Å². The second kappa shape index (κ2) is 6.20. The number of para-hydroxylation sites is 1. The topological polar surface area (TPSA) is 12.0 Å². The van der Waals surface area contributed by atoms with E-state index in [1.807, 2.05) is 18.2 Å². The van der Waals surface area contributed by atoms with Crippen molar-refractivity contribution in [3.8, 4) is 0 Å². The minimum absolute atomic E-state index is 0.219. The highest BCUT2D eigenvalue weighted by Gasteiger charge is 2.06. The fourth-order valence-corrected chi connectivity index (χ4v) is 2.58. The van der Waals surface area contributed by atoms with E-state index in [1.165, 1.54) is 11.6 Å². The van der Waals surface area contributed by atoms with Gasteiger partial charge >= 0.3 is 0 Å². The highest BCUT2D eigenvalue weighted by Crippen LogP contribution is 2.24. The molecule has 0 radical (unpaired) electrons. The molecule has 1 N–H and O–H groups in total. The van der Waals surface area contributed by atoms with Crippen molar-refractivity contribution in [3.63, 3.8) is 0 Å². The zero-order chi connectivity index (χ0) is 13.8. The van der Waals surface area contributed by atoms with Gasteiger partial charge in [0.15, 0.2) is 0 Å². The van der Waals surface area contributed by atoms with Gasteiger partial charge < -0.3 is 5.32 Å². The van der Waals surface area contributed by atoms with Crippen LogP contribution < -0.4 is 5.32 Å². The fraction of sp³-hybridized carbons (Fsp3) is 0.250. The quantitative estimate of drug-likeness (QED) is 0.803. The third kappa shape index (κ3) is 3.80. The molecule has 0 amide bonds. The average Bonchev–Trinajstić information content (AvgIpc) is 2.35. The minimum Gasteiger partial charge on any atom is -0.381 e. The average molecular weight is 322 g/mol. The van der Waals surface area contributed by atoms with Crippen molar-refractivity contribution >= 4 is 21.6 Å². The van der Waals surface area contributed by atoms with Gasteiger partial charge in [-0.05, 0) is 41.3 Å². The van der Waals surface area contributed by atoms with Gasteiger partial charge in [0.1, 0.15) is 5.82 Å². The summed E-state index contributed by atoms with van der Waals surface area (Å²) in [4.78, 5) is 0. The Bertz CT molecular complexity index is 546. The number of halogens is 2. The molecule has 0 unspecified atom stereocenters. The summed E-state index contributed by atoms with van der Waals surface area (Å²) in [5.41, 5.74) is 3.31. The molecule has 0 bridgehead atoms. The van der Waals surface area contributed by atoms with Crippen molar-refractivity contribution < 1.29 is 4.39 Å². The monoisotopic (exact) mass is 321 g/mol. The molecule has 0 fully saturated rings. The van der Waals surface area contributed by atoms with E-state index in [0.29, 0.717) is 12.5 Å². The summed E-state index contributed by atoms with van der Waals surface area (Å²) in [5, 5.41) is 3.38. The molecule has 1 nitrogen and oxygen atoms in total. The first-order valence-electron chi connectivity index (χ1n) is 6.34. The van der Waals surface area contributed by atoms with Crippen molar-refractivity contribution in [1.82, 2.24) is 0 Å². The van der Waals surface area contributed by atoms with E-state index in [4.69, 9.17) is 0 Å². The third-order valence-corrected chi connectivity index (χ3v) is 3.45. The second-order valence-corrected chi connectivity index (χ2v) is 5.79. The van der Waals surface area contributed by atoms with Gasteiger partial charge in [-0.3, -0.25) is 0 Å². The molecular weight excluding hydrogens is 305 g/mol. The molecule has 19 heavy (non-hydrogen) atoms. The summed E-state index contributed by atoms with van der Waals surface area (Å²) in [7, 11) is 0. The maximum absolute atomic E-state index is 13.3. The molecule has 0 saturated heterocycles. The van der Waals surface area contributed by atoms with Crippen LogP contribution in [0.1, 0.15) is 30.9 Å². The maximum Gasteiger partial charge on any atom is 0.124 e. The van der Waals surface area contributed by atoms with Gasteiger partial charge in [0.2, 0.25) is 0 Å². The SMILES string of the molecule is CC(C)c1ccccc1NCc1cc(F)cc(Br)c1. The number of benzene rings is 2. The Hall–Kier alpha value is -1.35. The van der Waals surface area contributed by atoms with Crippen molar-refractivity contribution in [2.24, 2.45) is 0 Å². The van der Waals surface area contributed by atoms with Gasteiger partial charge in [0.05, 0.1) is 0 Å². The first-order valence-corrected chi connectivity index (χ1v) is 7.13. The minimum atomic E-state index is -0.219. The lowest BCUT2D eigenvalue weighted by Crippen LogP contribution is -2.03. The molecule has 3 heteroatoms. The normalized spacial score (nSPS) is 10.8. The predicted octanol–water partition coefficient (Wildman–Crippen LogP) is 5.32. The van der Waals surface area contributed by atoms with E-state index >= 15 is 0 Å². The van der Waals surface area contributed by atoms with Crippen LogP contribution in [0.15, 0.2) is 46.9 Å². The van der Waals surface area contributed by atoms with Crippen LogP contribution in [0.5, 0.6) is 0 Å². The fourth-order valence-electron chi connectivity index (χ4n) is 2.07. The summed E-state index contributed by atoms with van der Waals surface area (Å²) in [6, 6.07) is 13.2. The molecule has 2 rings (SSSR count). The number of rotatable bonds is 4. The summed E-state index contributed by atoms with van der Waals surface area (Å²) < 4.78 is 14.1. The molecule has 0 aliphatic rings. The molecule has 0 aliphatic carbocycles. The highest BCUT2D eigenvalue weighted by atomic mass is 79.9. The Labute approximate surface area is 122 Å². The lowest BCUT2D eigenvalue weighted by molar-refractivity contribution is 0.625. The van der Waals surface area contributed by atoms with E-state index in [1.54, 1.807) is 6.07 Å². The van der Waals surface area contributed by atoms with Crippen LogP contribution in [-0.4, -0.2) is 0 Å². The van der Waals surface area contributed by atoms with Crippen LogP contribution in [0.3, 0.4) is 0 Å². The largest absolute Gasteiger partial charge is 0.381 e. The van der Waals surface area contributed by atoms with E-state index in [2.05, 4.69) is 47.2 Å². The lowest BCUT2D eigenvalue weighted by atomic mass is 10.0. The maximum atomic E-state index is 13.3. The first-order chi connectivity index (χ1) is 9.06. The number of nitrogens with one attached hydrogen (secondary N) is 1. The van der Waals surface area contributed by atoms with E-state index in [0.717, 1.165) is 15.7 Å². The zero-order valence-electron chi connectivity index (χ0n) is 11.1. The van der Waals surface area contributed by atoms with Crippen LogP contribution in [0, 0.1) is 5.82 Å². The Morgan fingerprint density at radius 2 is 1.89 bits per heavy atom. The Balaban J connectivity index is 2.14.